The maximum absolute atomic E-state index is 12.5. The molecule has 2 aromatic rings. The van der Waals surface area contributed by atoms with E-state index in [-0.39, 0.29) is 5.91 Å². The van der Waals surface area contributed by atoms with Crippen LogP contribution in [0.15, 0.2) is 42.5 Å². The average Bonchev–Trinajstić information content (AvgIpc) is 2.62. The van der Waals surface area contributed by atoms with Crippen molar-refractivity contribution in [1.29, 1.82) is 0 Å². The van der Waals surface area contributed by atoms with E-state index in [1.807, 2.05) is 29.2 Å². The third kappa shape index (κ3) is 4.35. The van der Waals surface area contributed by atoms with Crippen LogP contribution in [0, 0.1) is 13.8 Å². The van der Waals surface area contributed by atoms with Crippen molar-refractivity contribution in [2.75, 3.05) is 31.1 Å². The van der Waals surface area contributed by atoms with E-state index >= 15 is 0 Å². The molecule has 0 radical (unpaired) electrons. The van der Waals surface area contributed by atoms with Gasteiger partial charge >= 0.3 is 0 Å². The summed E-state index contributed by atoms with van der Waals surface area (Å²) < 4.78 is 0. The fourth-order valence-corrected chi connectivity index (χ4v) is 3.59. The van der Waals surface area contributed by atoms with Gasteiger partial charge in [-0.3, -0.25) is 4.79 Å². The Morgan fingerprint density at radius 1 is 1.04 bits per heavy atom. The number of halogens is 1. The number of nitrogens with zero attached hydrogens (tertiary/aromatic N) is 2. The van der Waals surface area contributed by atoms with Crippen molar-refractivity contribution in [1.82, 2.24) is 4.90 Å². The number of benzene rings is 2. The molecule has 1 fully saturated rings. The minimum absolute atomic E-state index is 0.237. The molecule has 1 aliphatic heterocycles. The predicted octanol–water partition coefficient (Wildman–Crippen LogP) is 4.24. The number of rotatable bonds is 4. The second kappa shape index (κ2) is 7.92. The summed E-state index contributed by atoms with van der Waals surface area (Å²) in [6.45, 7) is 7.70. The minimum Gasteiger partial charge on any atom is -0.368 e. The van der Waals surface area contributed by atoms with Crippen molar-refractivity contribution in [2.45, 2.75) is 26.7 Å². The summed E-state index contributed by atoms with van der Waals surface area (Å²) in [4.78, 5) is 16.9. The molecule has 0 unspecified atom stereocenters. The Morgan fingerprint density at radius 2 is 1.76 bits per heavy atom. The summed E-state index contributed by atoms with van der Waals surface area (Å²) in [5.74, 6) is 0.237. The van der Waals surface area contributed by atoms with Gasteiger partial charge in [-0.05, 0) is 55.2 Å². The highest BCUT2D eigenvalue weighted by Crippen LogP contribution is 2.24. The van der Waals surface area contributed by atoms with Crippen LogP contribution >= 0.6 is 11.6 Å². The maximum Gasteiger partial charge on any atom is 0.223 e. The molecule has 0 spiro atoms. The third-order valence-electron chi connectivity index (χ3n) is 5.07. The smallest absolute Gasteiger partial charge is 0.223 e. The van der Waals surface area contributed by atoms with Crippen LogP contribution < -0.4 is 4.90 Å². The summed E-state index contributed by atoms with van der Waals surface area (Å²) in [5, 5.41) is 0.729. The number of hydrogen-bond acceptors (Lipinski definition) is 2. The lowest BCUT2D eigenvalue weighted by Gasteiger charge is -2.37. The molecule has 0 bridgehead atoms. The van der Waals surface area contributed by atoms with Crippen LogP contribution in [0.1, 0.15) is 23.1 Å². The Labute approximate surface area is 155 Å². The summed E-state index contributed by atoms with van der Waals surface area (Å²) >= 11 is 6.01. The lowest BCUT2D eigenvalue weighted by molar-refractivity contribution is -0.131. The fourth-order valence-electron chi connectivity index (χ4n) is 3.38. The van der Waals surface area contributed by atoms with Crippen LogP contribution in [-0.2, 0) is 11.2 Å². The first kappa shape index (κ1) is 17.8. The highest BCUT2D eigenvalue weighted by atomic mass is 35.5. The van der Waals surface area contributed by atoms with Crippen LogP contribution in [-0.4, -0.2) is 37.0 Å². The third-order valence-corrected chi connectivity index (χ3v) is 5.30. The zero-order valence-electron chi connectivity index (χ0n) is 15.0. The first-order valence-electron chi connectivity index (χ1n) is 8.88. The molecule has 3 nitrogen and oxygen atoms in total. The van der Waals surface area contributed by atoms with Crippen molar-refractivity contribution in [3.8, 4) is 0 Å². The number of aryl methyl sites for hydroxylation is 2. The molecule has 1 aliphatic rings. The Kier molecular flexibility index (Phi) is 5.64. The molecule has 0 atom stereocenters. The van der Waals surface area contributed by atoms with E-state index < -0.39 is 0 Å². The predicted molar refractivity (Wildman–Crippen MR) is 104 cm³/mol. The van der Waals surface area contributed by atoms with Gasteiger partial charge in [-0.25, -0.2) is 0 Å². The SMILES string of the molecule is Cc1cccc(N2CCN(C(=O)CCc3cccc(Cl)c3)CC2)c1C. The largest absolute Gasteiger partial charge is 0.368 e. The summed E-state index contributed by atoms with van der Waals surface area (Å²) in [6.07, 6.45) is 1.29. The highest BCUT2D eigenvalue weighted by Gasteiger charge is 2.22. The number of piperazine rings is 1. The van der Waals surface area contributed by atoms with Crippen molar-refractivity contribution in [3.05, 3.63) is 64.2 Å². The van der Waals surface area contributed by atoms with Crippen molar-refractivity contribution >= 4 is 23.2 Å². The Hall–Kier alpha value is -2.00. The van der Waals surface area contributed by atoms with Crippen molar-refractivity contribution in [3.63, 3.8) is 0 Å². The zero-order valence-corrected chi connectivity index (χ0v) is 15.7. The van der Waals surface area contributed by atoms with E-state index in [2.05, 4.69) is 36.9 Å². The van der Waals surface area contributed by atoms with Gasteiger partial charge in [0.05, 0.1) is 0 Å². The molecule has 3 rings (SSSR count). The molecule has 0 saturated carbocycles. The van der Waals surface area contributed by atoms with E-state index in [0.29, 0.717) is 6.42 Å². The second-order valence-corrected chi connectivity index (χ2v) is 7.15. The van der Waals surface area contributed by atoms with Crippen LogP contribution in [0.4, 0.5) is 5.69 Å². The van der Waals surface area contributed by atoms with Crippen molar-refractivity contribution < 1.29 is 4.79 Å². The summed E-state index contributed by atoms with van der Waals surface area (Å²) in [6, 6.07) is 14.2. The molecular formula is C21H25ClN2O. The van der Waals surface area contributed by atoms with Gasteiger partial charge in [0.25, 0.3) is 0 Å². The lowest BCUT2D eigenvalue weighted by atomic mass is 10.1. The number of carbonyl (C=O) groups is 1. The maximum atomic E-state index is 12.5. The molecule has 2 aromatic carbocycles. The van der Waals surface area contributed by atoms with E-state index in [0.717, 1.165) is 43.2 Å². The topological polar surface area (TPSA) is 23.6 Å². The molecule has 1 heterocycles. The molecule has 0 N–H and O–H groups in total. The van der Waals surface area contributed by atoms with Crippen molar-refractivity contribution in [2.24, 2.45) is 0 Å². The zero-order chi connectivity index (χ0) is 17.8. The molecule has 0 aliphatic carbocycles. The normalized spacial score (nSPS) is 14.7. The average molecular weight is 357 g/mol. The van der Waals surface area contributed by atoms with Gasteiger partial charge < -0.3 is 9.80 Å². The molecule has 25 heavy (non-hydrogen) atoms. The van der Waals surface area contributed by atoms with Crippen LogP contribution in [0.25, 0.3) is 0 Å². The number of anilines is 1. The standard InChI is InChI=1S/C21H25ClN2O/c1-16-5-3-8-20(17(16)2)23-11-13-24(14-12-23)21(25)10-9-18-6-4-7-19(22)15-18/h3-8,15H,9-14H2,1-2H3. The highest BCUT2D eigenvalue weighted by molar-refractivity contribution is 6.30. The van der Waals surface area contributed by atoms with E-state index in [4.69, 9.17) is 11.6 Å². The van der Waals surface area contributed by atoms with Gasteiger partial charge in [0.15, 0.2) is 0 Å². The Bertz CT molecular complexity index is 751. The Morgan fingerprint density at radius 3 is 2.48 bits per heavy atom. The van der Waals surface area contributed by atoms with Crippen LogP contribution in [0.5, 0.6) is 0 Å². The second-order valence-electron chi connectivity index (χ2n) is 6.72. The van der Waals surface area contributed by atoms with Gasteiger partial charge in [-0.15, -0.1) is 0 Å². The molecule has 1 saturated heterocycles. The number of carbonyl (C=O) groups excluding carboxylic acids is 1. The molecule has 4 heteroatoms. The summed E-state index contributed by atoms with van der Waals surface area (Å²) in [5.41, 5.74) is 5.07. The van der Waals surface area contributed by atoms with Gasteiger partial charge in [-0.2, -0.15) is 0 Å². The van der Waals surface area contributed by atoms with Crippen LogP contribution in [0.2, 0.25) is 5.02 Å². The van der Waals surface area contributed by atoms with Gasteiger partial charge in [0, 0.05) is 43.3 Å². The molecule has 1 amide bonds. The van der Waals surface area contributed by atoms with Gasteiger partial charge in [0.2, 0.25) is 5.91 Å². The van der Waals surface area contributed by atoms with E-state index in [1.54, 1.807) is 0 Å². The lowest BCUT2D eigenvalue weighted by Crippen LogP contribution is -2.49. The first-order chi connectivity index (χ1) is 12.0. The number of hydrogen-bond donors (Lipinski definition) is 0. The first-order valence-corrected chi connectivity index (χ1v) is 9.26. The van der Waals surface area contributed by atoms with Gasteiger partial charge in [0.1, 0.15) is 0 Å². The Balaban J connectivity index is 1.53. The quantitative estimate of drug-likeness (QED) is 0.818. The minimum atomic E-state index is 0.237. The number of amides is 1. The molecule has 132 valence electrons. The van der Waals surface area contributed by atoms with Gasteiger partial charge in [-0.1, -0.05) is 35.9 Å². The van der Waals surface area contributed by atoms with E-state index in [9.17, 15) is 4.79 Å². The summed E-state index contributed by atoms with van der Waals surface area (Å²) in [7, 11) is 0. The van der Waals surface area contributed by atoms with Crippen LogP contribution in [0.3, 0.4) is 0 Å². The monoisotopic (exact) mass is 356 g/mol. The molecule has 0 aromatic heterocycles. The fraction of sp³-hybridized carbons (Fsp3) is 0.381. The molecular weight excluding hydrogens is 332 g/mol. The van der Waals surface area contributed by atoms with E-state index in [1.165, 1.54) is 16.8 Å².